The highest BCUT2D eigenvalue weighted by molar-refractivity contribution is 9.10. The maximum atomic E-state index is 11.8. The largest absolute Gasteiger partial charge is 0.311 e. The predicted octanol–water partition coefficient (Wildman–Crippen LogP) is 3.10. The maximum absolute atomic E-state index is 11.8. The van der Waals surface area contributed by atoms with Crippen molar-refractivity contribution in [3.05, 3.63) is 27.7 Å². The molecule has 1 aliphatic rings. The Kier molecular flexibility index (Phi) is 3.31. The molecule has 4 heteroatoms. The molecule has 1 aromatic rings. The van der Waals surface area contributed by atoms with E-state index in [1.54, 1.807) is 0 Å². The number of halogens is 1. The van der Waals surface area contributed by atoms with Gasteiger partial charge in [0, 0.05) is 28.4 Å². The SMILES string of the molecule is Cc1c(Br)ccc(N2CC(S)CC2=O)c1C. The van der Waals surface area contributed by atoms with Gasteiger partial charge in [-0.2, -0.15) is 12.6 Å². The summed E-state index contributed by atoms with van der Waals surface area (Å²) in [6, 6.07) is 3.99. The van der Waals surface area contributed by atoms with Crippen LogP contribution in [0.4, 0.5) is 5.69 Å². The minimum atomic E-state index is 0.163. The molecule has 1 amide bonds. The number of rotatable bonds is 1. The predicted molar refractivity (Wildman–Crippen MR) is 73.4 cm³/mol. The lowest BCUT2D eigenvalue weighted by atomic mass is 10.1. The first-order chi connectivity index (χ1) is 7.50. The number of benzene rings is 1. The third-order valence-electron chi connectivity index (χ3n) is 3.09. The van der Waals surface area contributed by atoms with E-state index in [0.717, 1.165) is 15.7 Å². The topological polar surface area (TPSA) is 20.3 Å². The van der Waals surface area contributed by atoms with Gasteiger partial charge in [0.05, 0.1) is 0 Å². The number of thiol groups is 1. The van der Waals surface area contributed by atoms with Crippen LogP contribution in [0.5, 0.6) is 0 Å². The number of hydrogen-bond acceptors (Lipinski definition) is 2. The first kappa shape index (κ1) is 12.0. The molecular weight excluding hydrogens is 286 g/mol. The third kappa shape index (κ3) is 2.00. The summed E-state index contributed by atoms with van der Waals surface area (Å²) < 4.78 is 1.09. The van der Waals surface area contributed by atoms with Crippen LogP contribution in [0.2, 0.25) is 0 Å². The Morgan fingerprint density at radius 1 is 1.38 bits per heavy atom. The molecule has 0 aliphatic carbocycles. The number of nitrogens with zero attached hydrogens (tertiary/aromatic N) is 1. The van der Waals surface area contributed by atoms with Crippen LogP contribution in [0, 0.1) is 13.8 Å². The van der Waals surface area contributed by atoms with Crippen molar-refractivity contribution in [1.29, 1.82) is 0 Å². The molecule has 2 nitrogen and oxygen atoms in total. The van der Waals surface area contributed by atoms with Gasteiger partial charge in [-0.05, 0) is 37.1 Å². The van der Waals surface area contributed by atoms with E-state index < -0.39 is 0 Å². The zero-order valence-electron chi connectivity index (χ0n) is 9.33. The molecule has 1 atom stereocenters. The fourth-order valence-corrected chi connectivity index (χ4v) is 2.74. The van der Waals surface area contributed by atoms with Gasteiger partial charge in [0.2, 0.25) is 5.91 Å². The summed E-state index contributed by atoms with van der Waals surface area (Å²) in [5.74, 6) is 0.171. The van der Waals surface area contributed by atoms with Gasteiger partial charge < -0.3 is 4.90 Å². The van der Waals surface area contributed by atoms with Crippen LogP contribution >= 0.6 is 28.6 Å². The maximum Gasteiger partial charge on any atom is 0.228 e. The van der Waals surface area contributed by atoms with Crippen LogP contribution in [0.3, 0.4) is 0 Å². The van der Waals surface area contributed by atoms with Crippen molar-refractivity contribution in [2.24, 2.45) is 0 Å². The zero-order valence-corrected chi connectivity index (χ0v) is 11.8. The van der Waals surface area contributed by atoms with E-state index in [-0.39, 0.29) is 11.2 Å². The highest BCUT2D eigenvalue weighted by Gasteiger charge is 2.29. The molecule has 2 rings (SSSR count). The van der Waals surface area contributed by atoms with Gasteiger partial charge in [-0.3, -0.25) is 4.79 Å². The van der Waals surface area contributed by atoms with Gasteiger partial charge in [0.15, 0.2) is 0 Å². The molecule has 1 fully saturated rings. The lowest BCUT2D eigenvalue weighted by Gasteiger charge is -2.20. The molecule has 0 aromatic heterocycles. The number of anilines is 1. The number of amides is 1. The molecule has 16 heavy (non-hydrogen) atoms. The van der Waals surface area contributed by atoms with Crippen LogP contribution < -0.4 is 4.90 Å². The summed E-state index contributed by atoms with van der Waals surface area (Å²) in [5.41, 5.74) is 3.36. The van der Waals surface area contributed by atoms with E-state index in [9.17, 15) is 4.79 Å². The summed E-state index contributed by atoms with van der Waals surface area (Å²) in [5, 5.41) is 0.163. The molecule has 1 unspecified atom stereocenters. The summed E-state index contributed by atoms with van der Waals surface area (Å²) in [7, 11) is 0. The lowest BCUT2D eigenvalue weighted by Crippen LogP contribution is -2.25. The van der Waals surface area contributed by atoms with Crippen molar-refractivity contribution in [3.63, 3.8) is 0 Å². The Labute approximate surface area is 110 Å². The molecule has 0 radical (unpaired) electrons. The molecule has 1 heterocycles. The van der Waals surface area contributed by atoms with Gasteiger partial charge in [-0.25, -0.2) is 0 Å². The molecule has 0 N–H and O–H groups in total. The highest BCUT2D eigenvalue weighted by atomic mass is 79.9. The second kappa shape index (κ2) is 4.41. The fourth-order valence-electron chi connectivity index (χ4n) is 1.99. The van der Waals surface area contributed by atoms with E-state index in [4.69, 9.17) is 0 Å². The second-order valence-electron chi connectivity index (χ2n) is 4.18. The monoisotopic (exact) mass is 299 g/mol. The molecular formula is C12H14BrNOS. The van der Waals surface area contributed by atoms with Gasteiger partial charge >= 0.3 is 0 Å². The van der Waals surface area contributed by atoms with Crippen LogP contribution in [0.25, 0.3) is 0 Å². The molecule has 0 spiro atoms. The summed E-state index contributed by atoms with van der Waals surface area (Å²) in [6.45, 7) is 4.82. The fraction of sp³-hybridized carbons (Fsp3) is 0.417. The Morgan fingerprint density at radius 3 is 2.62 bits per heavy atom. The third-order valence-corrected chi connectivity index (χ3v) is 4.29. The minimum absolute atomic E-state index is 0.163. The normalized spacial score (nSPS) is 20.6. The average Bonchev–Trinajstić information content (AvgIpc) is 2.55. The molecule has 0 bridgehead atoms. The van der Waals surface area contributed by atoms with Crippen LogP contribution in [0.15, 0.2) is 16.6 Å². The number of carbonyl (C=O) groups is 1. The van der Waals surface area contributed by atoms with Crippen molar-refractivity contribution in [2.45, 2.75) is 25.5 Å². The lowest BCUT2D eigenvalue weighted by molar-refractivity contribution is -0.117. The molecule has 86 valence electrons. The van der Waals surface area contributed by atoms with Crippen LogP contribution in [0.1, 0.15) is 17.5 Å². The summed E-state index contributed by atoms with van der Waals surface area (Å²) in [4.78, 5) is 13.6. The van der Waals surface area contributed by atoms with E-state index in [2.05, 4.69) is 42.4 Å². The van der Waals surface area contributed by atoms with Gasteiger partial charge in [-0.15, -0.1) is 0 Å². The Balaban J connectivity index is 2.42. The van der Waals surface area contributed by atoms with Gasteiger partial charge in [0.1, 0.15) is 0 Å². The highest BCUT2D eigenvalue weighted by Crippen LogP contribution is 2.31. The molecule has 1 saturated heterocycles. The van der Waals surface area contributed by atoms with Crippen molar-refractivity contribution >= 4 is 40.2 Å². The van der Waals surface area contributed by atoms with Crippen molar-refractivity contribution in [1.82, 2.24) is 0 Å². The van der Waals surface area contributed by atoms with E-state index in [0.29, 0.717) is 13.0 Å². The Bertz CT molecular complexity index is 447. The van der Waals surface area contributed by atoms with Gasteiger partial charge in [0.25, 0.3) is 0 Å². The number of hydrogen-bond donors (Lipinski definition) is 1. The molecule has 1 aliphatic heterocycles. The average molecular weight is 300 g/mol. The first-order valence-corrected chi connectivity index (χ1v) is 6.55. The van der Waals surface area contributed by atoms with Crippen molar-refractivity contribution in [3.8, 4) is 0 Å². The quantitative estimate of drug-likeness (QED) is 0.790. The van der Waals surface area contributed by atoms with Crippen molar-refractivity contribution < 1.29 is 4.79 Å². The van der Waals surface area contributed by atoms with Crippen molar-refractivity contribution in [2.75, 3.05) is 11.4 Å². The first-order valence-electron chi connectivity index (χ1n) is 5.25. The van der Waals surface area contributed by atoms with E-state index >= 15 is 0 Å². The summed E-state index contributed by atoms with van der Waals surface area (Å²) in [6.07, 6.45) is 0.539. The van der Waals surface area contributed by atoms with Crippen LogP contribution in [-0.4, -0.2) is 17.7 Å². The summed E-state index contributed by atoms with van der Waals surface area (Å²) >= 11 is 7.87. The molecule has 1 aromatic carbocycles. The van der Waals surface area contributed by atoms with Crippen LogP contribution in [-0.2, 0) is 4.79 Å². The second-order valence-corrected chi connectivity index (χ2v) is 5.76. The number of carbonyl (C=O) groups excluding carboxylic acids is 1. The van der Waals surface area contributed by atoms with E-state index in [1.807, 2.05) is 17.0 Å². The zero-order chi connectivity index (χ0) is 11.9. The smallest absolute Gasteiger partial charge is 0.228 e. The Morgan fingerprint density at radius 2 is 2.06 bits per heavy atom. The van der Waals surface area contributed by atoms with E-state index in [1.165, 1.54) is 5.56 Å². The Hall–Kier alpha value is -0.480. The molecule has 0 saturated carbocycles. The van der Waals surface area contributed by atoms with Gasteiger partial charge in [-0.1, -0.05) is 15.9 Å². The minimum Gasteiger partial charge on any atom is -0.311 e. The standard InChI is InChI=1S/C12H14BrNOS/c1-7-8(2)11(4-3-10(7)13)14-6-9(16)5-12(14)15/h3-4,9,16H,5-6H2,1-2H3.